The van der Waals surface area contributed by atoms with Crippen LogP contribution < -0.4 is 11.1 Å². The summed E-state index contributed by atoms with van der Waals surface area (Å²) < 4.78 is 0. The van der Waals surface area contributed by atoms with Crippen molar-refractivity contribution in [1.29, 1.82) is 0 Å². The topological polar surface area (TPSA) is 55.1 Å². The van der Waals surface area contributed by atoms with Crippen LogP contribution in [0.15, 0.2) is 0 Å². The molecule has 0 unspecified atom stereocenters. The van der Waals surface area contributed by atoms with Gasteiger partial charge in [0.05, 0.1) is 6.04 Å². The molecule has 1 atom stereocenters. The smallest absolute Gasteiger partial charge is 0.237 e. The highest BCUT2D eigenvalue weighted by molar-refractivity contribution is 5.81. The molecule has 0 aliphatic rings. The Balaban J connectivity index is 3.97. The predicted octanol–water partition coefficient (Wildman–Crippen LogP) is 1.52. The van der Waals surface area contributed by atoms with Gasteiger partial charge in [0.25, 0.3) is 0 Å². The molecule has 0 aromatic rings. The molecule has 14 heavy (non-hydrogen) atoms. The molecule has 0 aliphatic heterocycles. The van der Waals surface area contributed by atoms with Crippen molar-refractivity contribution in [2.75, 3.05) is 6.54 Å². The zero-order chi connectivity index (χ0) is 11.4. The van der Waals surface area contributed by atoms with Gasteiger partial charge in [0.2, 0.25) is 5.91 Å². The van der Waals surface area contributed by atoms with E-state index in [1.165, 1.54) is 0 Å². The average Bonchev–Trinajstić information content (AvgIpc) is 2.13. The molecule has 0 spiro atoms. The third-order valence-electron chi connectivity index (χ3n) is 2.72. The normalized spacial score (nSPS) is 14.2. The minimum absolute atomic E-state index is 0.0403. The van der Waals surface area contributed by atoms with Crippen molar-refractivity contribution in [3.63, 3.8) is 0 Å². The van der Waals surface area contributed by atoms with E-state index in [-0.39, 0.29) is 23.3 Å². The van der Waals surface area contributed by atoms with Gasteiger partial charge in [-0.1, -0.05) is 34.6 Å². The Labute approximate surface area is 87.4 Å². The van der Waals surface area contributed by atoms with Gasteiger partial charge in [0.1, 0.15) is 0 Å². The number of nitrogens with two attached hydrogens (primary N) is 1. The van der Waals surface area contributed by atoms with E-state index in [2.05, 4.69) is 26.1 Å². The van der Waals surface area contributed by atoms with Gasteiger partial charge in [-0.25, -0.2) is 0 Å². The van der Waals surface area contributed by atoms with Crippen LogP contribution in [0.1, 0.15) is 41.0 Å². The van der Waals surface area contributed by atoms with Crippen LogP contribution in [0, 0.1) is 11.3 Å². The second kappa shape index (κ2) is 5.35. The summed E-state index contributed by atoms with van der Waals surface area (Å²) in [5.41, 5.74) is 5.88. The molecule has 3 N–H and O–H groups in total. The summed E-state index contributed by atoms with van der Waals surface area (Å²) in [4.78, 5) is 11.5. The highest BCUT2D eigenvalue weighted by atomic mass is 16.2. The van der Waals surface area contributed by atoms with Crippen LogP contribution in [0.25, 0.3) is 0 Å². The van der Waals surface area contributed by atoms with Gasteiger partial charge in [0, 0.05) is 6.54 Å². The van der Waals surface area contributed by atoms with Crippen LogP contribution in [0.4, 0.5) is 0 Å². The molecule has 0 aromatic carbocycles. The molecular formula is C11H24N2O. The summed E-state index contributed by atoms with van der Waals surface area (Å²) in [5, 5.41) is 2.89. The first-order valence-electron chi connectivity index (χ1n) is 5.33. The molecule has 3 heteroatoms. The van der Waals surface area contributed by atoms with Gasteiger partial charge in [-0.05, 0) is 17.8 Å². The molecule has 0 saturated carbocycles. The number of hydrogen-bond donors (Lipinski definition) is 2. The molecule has 84 valence electrons. The standard InChI is InChI=1S/C11H24N2O/c1-6-11(4,5)7-13-10(14)9(12)8(2)3/h8-9H,6-7,12H2,1-5H3,(H,13,14)/t9-/m0/s1. The lowest BCUT2D eigenvalue weighted by Crippen LogP contribution is -2.46. The maximum atomic E-state index is 11.5. The largest absolute Gasteiger partial charge is 0.354 e. The summed E-state index contributed by atoms with van der Waals surface area (Å²) in [6, 6.07) is -0.386. The Hall–Kier alpha value is -0.570. The fourth-order valence-electron chi connectivity index (χ4n) is 0.872. The molecule has 1 amide bonds. The fraction of sp³-hybridized carbons (Fsp3) is 0.909. The average molecular weight is 200 g/mol. The highest BCUT2D eigenvalue weighted by Gasteiger charge is 2.20. The quantitative estimate of drug-likeness (QED) is 0.707. The molecule has 0 radical (unpaired) electrons. The van der Waals surface area contributed by atoms with Crippen molar-refractivity contribution in [3.8, 4) is 0 Å². The van der Waals surface area contributed by atoms with E-state index in [0.717, 1.165) is 6.42 Å². The number of hydrogen-bond acceptors (Lipinski definition) is 2. The first kappa shape index (κ1) is 13.4. The molecule has 0 bridgehead atoms. The van der Waals surface area contributed by atoms with Crippen LogP contribution >= 0.6 is 0 Å². The van der Waals surface area contributed by atoms with E-state index in [4.69, 9.17) is 5.73 Å². The summed E-state index contributed by atoms with van der Waals surface area (Å²) in [7, 11) is 0. The Morgan fingerprint density at radius 3 is 2.29 bits per heavy atom. The predicted molar refractivity (Wildman–Crippen MR) is 59.9 cm³/mol. The van der Waals surface area contributed by atoms with Gasteiger partial charge in [-0.2, -0.15) is 0 Å². The van der Waals surface area contributed by atoms with Gasteiger partial charge in [0.15, 0.2) is 0 Å². The summed E-state index contributed by atoms with van der Waals surface area (Å²) in [6.45, 7) is 11.0. The van der Waals surface area contributed by atoms with Gasteiger partial charge >= 0.3 is 0 Å². The van der Waals surface area contributed by atoms with E-state index in [1.807, 2.05) is 13.8 Å². The lowest BCUT2D eigenvalue weighted by Gasteiger charge is -2.24. The van der Waals surface area contributed by atoms with E-state index >= 15 is 0 Å². The molecule has 0 aliphatic carbocycles. The van der Waals surface area contributed by atoms with E-state index in [1.54, 1.807) is 0 Å². The third kappa shape index (κ3) is 4.61. The Morgan fingerprint density at radius 1 is 1.43 bits per heavy atom. The number of amides is 1. The Bertz CT molecular complexity index is 188. The molecule has 0 saturated heterocycles. The lowest BCUT2D eigenvalue weighted by molar-refractivity contribution is -0.123. The molecular weight excluding hydrogens is 176 g/mol. The first-order valence-corrected chi connectivity index (χ1v) is 5.33. The molecule has 0 heterocycles. The van der Waals surface area contributed by atoms with Crippen LogP contribution in [0.3, 0.4) is 0 Å². The second-order valence-electron chi connectivity index (χ2n) is 5.01. The van der Waals surface area contributed by atoms with Crippen LogP contribution in [-0.4, -0.2) is 18.5 Å². The maximum Gasteiger partial charge on any atom is 0.237 e. The molecule has 0 fully saturated rings. The van der Waals surface area contributed by atoms with Crippen molar-refractivity contribution in [3.05, 3.63) is 0 Å². The Kier molecular flexibility index (Phi) is 5.13. The SMILES string of the molecule is CCC(C)(C)CNC(=O)[C@@H](N)C(C)C. The summed E-state index contributed by atoms with van der Waals surface area (Å²) in [6.07, 6.45) is 1.05. The molecule has 3 nitrogen and oxygen atoms in total. The molecule has 0 aromatic heterocycles. The number of carbonyl (C=O) groups is 1. The van der Waals surface area contributed by atoms with Crippen molar-refractivity contribution in [1.82, 2.24) is 5.32 Å². The Morgan fingerprint density at radius 2 is 1.93 bits per heavy atom. The summed E-state index contributed by atoms with van der Waals surface area (Å²) >= 11 is 0. The third-order valence-corrected chi connectivity index (χ3v) is 2.72. The number of rotatable bonds is 5. The first-order chi connectivity index (χ1) is 6.30. The maximum absolute atomic E-state index is 11.5. The van der Waals surface area contributed by atoms with Crippen LogP contribution in [0.2, 0.25) is 0 Å². The van der Waals surface area contributed by atoms with Crippen molar-refractivity contribution in [2.45, 2.75) is 47.1 Å². The minimum Gasteiger partial charge on any atom is -0.354 e. The minimum atomic E-state index is -0.386. The zero-order valence-electron chi connectivity index (χ0n) is 10.1. The van der Waals surface area contributed by atoms with Crippen LogP contribution in [0.5, 0.6) is 0 Å². The highest BCUT2D eigenvalue weighted by Crippen LogP contribution is 2.17. The van der Waals surface area contributed by atoms with Crippen molar-refractivity contribution >= 4 is 5.91 Å². The zero-order valence-corrected chi connectivity index (χ0v) is 10.1. The van der Waals surface area contributed by atoms with E-state index in [0.29, 0.717) is 6.54 Å². The summed E-state index contributed by atoms with van der Waals surface area (Å²) in [5.74, 6) is 0.154. The van der Waals surface area contributed by atoms with Gasteiger partial charge < -0.3 is 11.1 Å². The van der Waals surface area contributed by atoms with Gasteiger partial charge in [-0.15, -0.1) is 0 Å². The van der Waals surface area contributed by atoms with E-state index < -0.39 is 0 Å². The molecule has 0 rings (SSSR count). The number of carbonyl (C=O) groups excluding carboxylic acids is 1. The van der Waals surface area contributed by atoms with Crippen molar-refractivity contribution in [2.24, 2.45) is 17.1 Å². The van der Waals surface area contributed by atoms with Crippen molar-refractivity contribution < 1.29 is 4.79 Å². The monoisotopic (exact) mass is 200 g/mol. The number of nitrogens with one attached hydrogen (secondary N) is 1. The van der Waals surface area contributed by atoms with Crippen LogP contribution in [-0.2, 0) is 4.79 Å². The lowest BCUT2D eigenvalue weighted by atomic mass is 9.90. The van der Waals surface area contributed by atoms with Gasteiger partial charge in [-0.3, -0.25) is 4.79 Å². The van der Waals surface area contributed by atoms with E-state index in [9.17, 15) is 4.79 Å². The second-order valence-corrected chi connectivity index (χ2v) is 5.01. The fourth-order valence-corrected chi connectivity index (χ4v) is 0.872.